The third-order valence-corrected chi connectivity index (χ3v) is 1.60. The molecule has 0 saturated heterocycles. The Labute approximate surface area is 89.2 Å². The van der Waals surface area contributed by atoms with Crippen molar-refractivity contribution in [1.29, 1.82) is 0 Å². The van der Waals surface area contributed by atoms with Crippen LogP contribution in [-0.4, -0.2) is 47.6 Å². The van der Waals surface area contributed by atoms with Crippen LogP contribution in [0, 0.1) is 0 Å². The lowest BCUT2D eigenvalue weighted by molar-refractivity contribution is -0.134. The fourth-order valence-corrected chi connectivity index (χ4v) is 0.930. The van der Waals surface area contributed by atoms with Gasteiger partial charge in [-0.3, -0.25) is 9.36 Å². The van der Waals surface area contributed by atoms with Gasteiger partial charge >= 0.3 is 5.97 Å². The average Bonchev–Trinajstić information content (AvgIpc) is 2.80. The lowest BCUT2D eigenvalue weighted by Crippen LogP contribution is -2.16. The molecular formula is C7H7N7O2. The van der Waals surface area contributed by atoms with E-state index in [-0.39, 0.29) is 18.4 Å². The molecule has 0 fully saturated rings. The second-order valence-electron chi connectivity index (χ2n) is 2.74. The number of anilines is 1. The van der Waals surface area contributed by atoms with Gasteiger partial charge in [0.05, 0.1) is 0 Å². The highest BCUT2D eigenvalue weighted by molar-refractivity contribution is 5.71. The molecule has 9 heteroatoms. The molecule has 0 radical (unpaired) electrons. The van der Waals surface area contributed by atoms with Crippen LogP contribution in [0.5, 0.6) is 0 Å². The van der Waals surface area contributed by atoms with Crippen LogP contribution in [0.1, 0.15) is 0 Å². The van der Waals surface area contributed by atoms with E-state index in [1.54, 1.807) is 12.4 Å². The van der Waals surface area contributed by atoms with Crippen molar-refractivity contribution >= 4 is 11.9 Å². The van der Waals surface area contributed by atoms with E-state index < -0.39 is 5.97 Å². The molecule has 0 amide bonds. The predicted octanol–water partition coefficient (Wildman–Crippen LogP) is -1.05. The van der Waals surface area contributed by atoms with Crippen LogP contribution in [0.2, 0.25) is 0 Å². The van der Waals surface area contributed by atoms with Crippen LogP contribution >= 0.6 is 0 Å². The van der Waals surface area contributed by atoms with Gasteiger partial charge in [-0.1, -0.05) is 0 Å². The van der Waals surface area contributed by atoms with Crippen LogP contribution in [0.4, 0.5) is 5.95 Å². The van der Waals surface area contributed by atoms with Crippen molar-refractivity contribution in [3.05, 3.63) is 18.7 Å². The number of nitrogens with one attached hydrogen (secondary N) is 1. The van der Waals surface area contributed by atoms with Gasteiger partial charge in [0.2, 0.25) is 0 Å². The number of carbonyl (C=O) groups is 1. The third kappa shape index (κ3) is 2.26. The van der Waals surface area contributed by atoms with E-state index in [1.807, 2.05) is 0 Å². The highest BCUT2D eigenvalue weighted by atomic mass is 16.4. The zero-order chi connectivity index (χ0) is 11.4. The molecule has 0 atom stereocenters. The molecule has 2 aromatic heterocycles. The molecule has 0 bridgehead atoms. The van der Waals surface area contributed by atoms with E-state index in [2.05, 4.69) is 30.7 Å². The molecule has 0 unspecified atom stereocenters. The van der Waals surface area contributed by atoms with Gasteiger partial charge in [0.1, 0.15) is 12.9 Å². The highest BCUT2D eigenvalue weighted by Crippen LogP contribution is 1.97. The molecule has 0 saturated carbocycles. The van der Waals surface area contributed by atoms with Crippen molar-refractivity contribution in [2.45, 2.75) is 0 Å². The normalized spacial score (nSPS) is 10.0. The summed E-state index contributed by atoms with van der Waals surface area (Å²) in [4.78, 5) is 14.1. The molecule has 2 aromatic rings. The van der Waals surface area contributed by atoms with Gasteiger partial charge in [-0.2, -0.15) is 0 Å². The van der Waals surface area contributed by atoms with Crippen LogP contribution in [-0.2, 0) is 4.79 Å². The molecule has 0 aliphatic carbocycles. The first-order chi connectivity index (χ1) is 7.75. The second kappa shape index (κ2) is 4.29. The Balaban J connectivity index is 2.08. The maximum atomic E-state index is 10.3. The molecule has 2 heterocycles. The number of rotatable bonds is 4. The Bertz CT molecular complexity index is 466. The number of aromatic nitrogens is 6. The molecule has 0 aliphatic heterocycles. The smallest absolute Gasteiger partial charge is 0.322 e. The molecule has 0 aromatic carbocycles. The number of carboxylic acid groups (broad SMARTS) is 1. The zero-order valence-corrected chi connectivity index (χ0v) is 7.98. The minimum atomic E-state index is -1.01. The fourth-order valence-electron chi connectivity index (χ4n) is 0.930. The van der Waals surface area contributed by atoms with Gasteiger partial charge in [-0.25, -0.2) is 4.98 Å². The van der Waals surface area contributed by atoms with Crippen LogP contribution < -0.4 is 5.32 Å². The molecule has 2 rings (SSSR count). The van der Waals surface area contributed by atoms with Crippen molar-refractivity contribution in [3.63, 3.8) is 0 Å². The summed E-state index contributed by atoms with van der Waals surface area (Å²) >= 11 is 0. The minimum Gasteiger partial charge on any atom is -0.480 e. The SMILES string of the molecule is O=C(O)CNc1nnc(-n2ccnc2)nn1. The van der Waals surface area contributed by atoms with E-state index in [9.17, 15) is 4.79 Å². The maximum Gasteiger partial charge on any atom is 0.322 e. The standard InChI is InChI=1S/C7H7N7O2/c15-5(16)3-9-6-10-12-7(13-11-6)14-2-1-8-4-14/h1-2,4H,3H2,(H,15,16)(H,9,10,11). The minimum absolute atomic E-state index is 0.0614. The Kier molecular flexibility index (Phi) is 2.67. The van der Waals surface area contributed by atoms with E-state index in [1.165, 1.54) is 10.9 Å². The molecule has 2 N–H and O–H groups in total. The van der Waals surface area contributed by atoms with Crippen molar-refractivity contribution in [3.8, 4) is 5.95 Å². The largest absolute Gasteiger partial charge is 0.480 e. The lowest BCUT2D eigenvalue weighted by atomic mass is 10.6. The quantitative estimate of drug-likeness (QED) is 0.671. The Hall–Kier alpha value is -2.58. The number of carboxylic acids is 1. The molecule has 82 valence electrons. The Morgan fingerprint density at radius 2 is 2.12 bits per heavy atom. The Morgan fingerprint density at radius 3 is 2.69 bits per heavy atom. The maximum absolute atomic E-state index is 10.3. The van der Waals surface area contributed by atoms with Crippen LogP contribution in [0.25, 0.3) is 5.95 Å². The Morgan fingerprint density at radius 1 is 1.38 bits per heavy atom. The first-order valence-electron chi connectivity index (χ1n) is 4.27. The number of nitrogens with zero attached hydrogens (tertiary/aromatic N) is 6. The van der Waals surface area contributed by atoms with Crippen LogP contribution in [0.3, 0.4) is 0 Å². The van der Waals surface area contributed by atoms with Crippen LogP contribution in [0.15, 0.2) is 18.7 Å². The zero-order valence-electron chi connectivity index (χ0n) is 7.98. The van der Waals surface area contributed by atoms with Gasteiger partial charge in [-0.05, 0) is 0 Å². The molecular weight excluding hydrogens is 214 g/mol. The third-order valence-electron chi connectivity index (χ3n) is 1.60. The topological polar surface area (TPSA) is 119 Å². The summed E-state index contributed by atoms with van der Waals surface area (Å²) in [6.07, 6.45) is 4.71. The number of hydrogen-bond donors (Lipinski definition) is 2. The molecule has 9 nitrogen and oxygen atoms in total. The lowest BCUT2D eigenvalue weighted by Gasteiger charge is -2.00. The first-order valence-corrected chi connectivity index (χ1v) is 4.27. The van der Waals surface area contributed by atoms with E-state index in [0.29, 0.717) is 0 Å². The molecule has 0 aliphatic rings. The first kappa shape index (κ1) is 9.96. The second-order valence-corrected chi connectivity index (χ2v) is 2.74. The highest BCUT2D eigenvalue weighted by Gasteiger charge is 2.03. The molecule has 0 spiro atoms. The summed E-state index contributed by atoms with van der Waals surface area (Å²) in [7, 11) is 0. The number of hydrogen-bond acceptors (Lipinski definition) is 7. The van der Waals surface area contributed by atoms with E-state index in [0.717, 1.165) is 0 Å². The number of aliphatic carboxylic acids is 1. The summed E-state index contributed by atoms with van der Waals surface area (Å²) < 4.78 is 1.53. The van der Waals surface area contributed by atoms with Gasteiger partial charge in [0.25, 0.3) is 11.9 Å². The van der Waals surface area contributed by atoms with Crippen molar-refractivity contribution in [2.24, 2.45) is 0 Å². The summed E-state index contributed by atoms with van der Waals surface area (Å²) in [6, 6.07) is 0. The summed E-state index contributed by atoms with van der Waals surface area (Å²) in [5, 5.41) is 25.7. The monoisotopic (exact) mass is 221 g/mol. The number of imidazole rings is 1. The van der Waals surface area contributed by atoms with Crippen molar-refractivity contribution in [1.82, 2.24) is 29.9 Å². The van der Waals surface area contributed by atoms with E-state index >= 15 is 0 Å². The predicted molar refractivity (Wildman–Crippen MR) is 50.9 cm³/mol. The fraction of sp³-hybridized carbons (Fsp3) is 0.143. The summed E-state index contributed by atoms with van der Waals surface area (Å²) in [5.74, 6) is -0.688. The van der Waals surface area contributed by atoms with Gasteiger partial charge in [-0.15, -0.1) is 20.4 Å². The van der Waals surface area contributed by atoms with Gasteiger partial charge in [0.15, 0.2) is 0 Å². The van der Waals surface area contributed by atoms with Crippen molar-refractivity contribution in [2.75, 3.05) is 11.9 Å². The summed E-state index contributed by atoms with van der Waals surface area (Å²) in [5.41, 5.74) is 0. The van der Waals surface area contributed by atoms with Gasteiger partial charge < -0.3 is 10.4 Å². The van der Waals surface area contributed by atoms with E-state index in [4.69, 9.17) is 5.11 Å². The molecule has 16 heavy (non-hydrogen) atoms. The summed E-state index contributed by atoms with van der Waals surface area (Å²) in [6.45, 7) is -0.284. The van der Waals surface area contributed by atoms with Gasteiger partial charge in [0, 0.05) is 12.4 Å². The average molecular weight is 221 g/mol. The van der Waals surface area contributed by atoms with Crippen molar-refractivity contribution < 1.29 is 9.90 Å².